The van der Waals surface area contributed by atoms with E-state index in [0.717, 1.165) is 108 Å². The minimum atomic E-state index is -0.184. The molecule has 2 spiro atoms. The molecular weight excluding hydrogens is 770 g/mol. The average molecular weight is 813 g/mol. The molecule has 4 fully saturated rings. The van der Waals surface area contributed by atoms with Gasteiger partial charge in [-0.3, -0.25) is 19.4 Å². The molecule has 2 aromatic heterocycles. The van der Waals surface area contributed by atoms with Crippen molar-refractivity contribution in [2.45, 2.75) is 69.7 Å². The molecule has 4 aromatic rings. The molecule has 280 valence electrons. The lowest BCUT2D eigenvalue weighted by Gasteiger charge is -2.48. The van der Waals surface area contributed by atoms with Crippen molar-refractivity contribution in [2.75, 3.05) is 40.4 Å². The Morgan fingerprint density at radius 2 is 1.56 bits per heavy atom. The van der Waals surface area contributed by atoms with Crippen molar-refractivity contribution in [3.63, 3.8) is 0 Å². The van der Waals surface area contributed by atoms with E-state index < -0.39 is 0 Å². The number of hydrogen-bond donors (Lipinski definition) is 1. The van der Waals surface area contributed by atoms with Gasteiger partial charge in [-0.15, -0.1) is 0 Å². The summed E-state index contributed by atoms with van der Waals surface area (Å²) < 4.78 is 18.9. The fraction of sp³-hybridized carbons (Fsp3) is 0.429. The molecule has 5 heterocycles. The van der Waals surface area contributed by atoms with E-state index in [1.165, 1.54) is 5.56 Å². The molecule has 5 aliphatic rings. The third-order valence-corrected chi connectivity index (χ3v) is 13.0. The molecule has 3 saturated heterocycles. The molecule has 0 radical (unpaired) electrons. The van der Waals surface area contributed by atoms with Crippen molar-refractivity contribution < 1.29 is 23.8 Å². The van der Waals surface area contributed by atoms with E-state index in [-0.39, 0.29) is 23.0 Å². The zero-order chi connectivity index (χ0) is 37.2. The molecule has 1 atom stereocenters. The molecule has 2 aliphatic carbocycles. The van der Waals surface area contributed by atoms with E-state index >= 15 is 0 Å². The molecule has 2 aromatic carbocycles. The van der Waals surface area contributed by atoms with Crippen LogP contribution in [0.5, 0.6) is 17.6 Å². The summed E-state index contributed by atoms with van der Waals surface area (Å²) >= 11 is 11.0. The number of nitrogens with one attached hydrogen (secondary N) is 1. The second-order valence-electron chi connectivity index (χ2n) is 15.8. The SMILES string of the molecule is COc1nc(-c2cccc(-c3cccc4c3CC[C@@H]4Oc3nc(OC)c(CN4CC5(CCC(=O)N5)C4)cc3Br)c2Cl)ccc1CN1CC2(CCC(=O)C2)C1. The predicted molar refractivity (Wildman–Crippen MR) is 209 cm³/mol. The van der Waals surface area contributed by atoms with E-state index in [1.807, 2.05) is 24.3 Å². The Morgan fingerprint density at radius 3 is 2.30 bits per heavy atom. The number of aromatic nitrogens is 2. The largest absolute Gasteiger partial charge is 0.481 e. The van der Waals surface area contributed by atoms with Gasteiger partial charge in [0.2, 0.25) is 23.5 Å². The molecular formula is C42H43BrClN5O5. The van der Waals surface area contributed by atoms with Gasteiger partial charge >= 0.3 is 0 Å². The number of hydrogen-bond acceptors (Lipinski definition) is 9. The monoisotopic (exact) mass is 811 g/mol. The van der Waals surface area contributed by atoms with Crippen LogP contribution in [0, 0.1) is 5.41 Å². The maximum Gasteiger partial charge on any atom is 0.231 e. The predicted octanol–water partition coefficient (Wildman–Crippen LogP) is 7.33. The summed E-state index contributed by atoms with van der Waals surface area (Å²) in [5, 5.41) is 3.79. The minimum Gasteiger partial charge on any atom is -0.481 e. The van der Waals surface area contributed by atoms with Crippen molar-refractivity contribution in [1.82, 2.24) is 25.1 Å². The summed E-state index contributed by atoms with van der Waals surface area (Å²) in [5.74, 6) is 2.16. The van der Waals surface area contributed by atoms with Crippen molar-refractivity contribution in [3.05, 3.63) is 86.3 Å². The Morgan fingerprint density at radius 1 is 0.833 bits per heavy atom. The quantitative estimate of drug-likeness (QED) is 0.176. The zero-order valence-corrected chi connectivity index (χ0v) is 32.9. The number of ether oxygens (including phenoxy) is 3. The van der Waals surface area contributed by atoms with Crippen LogP contribution in [0.25, 0.3) is 22.4 Å². The van der Waals surface area contributed by atoms with Crippen LogP contribution in [0.3, 0.4) is 0 Å². The maximum atomic E-state index is 11.9. The first kappa shape index (κ1) is 35.7. The first-order valence-corrected chi connectivity index (χ1v) is 19.9. The molecule has 0 unspecified atom stereocenters. The van der Waals surface area contributed by atoms with Crippen molar-refractivity contribution in [2.24, 2.45) is 5.41 Å². The molecule has 10 nitrogen and oxygen atoms in total. The van der Waals surface area contributed by atoms with Crippen LogP contribution in [0.4, 0.5) is 0 Å². The summed E-state index contributed by atoms with van der Waals surface area (Å²) in [6, 6.07) is 18.6. The minimum absolute atomic E-state index is 0.0771. The molecule has 3 aliphatic heterocycles. The second kappa shape index (κ2) is 13.9. The Bertz CT molecular complexity index is 2170. The fourth-order valence-corrected chi connectivity index (χ4v) is 10.3. The number of likely N-dealkylation sites (tertiary alicyclic amines) is 2. The second-order valence-corrected chi connectivity index (χ2v) is 17.1. The first-order chi connectivity index (χ1) is 26.1. The summed E-state index contributed by atoms with van der Waals surface area (Å²) in [4.78, 5) is 38.1. The van der Waals surface area contributed by atoms with Gasteiger partial charge in [-0.1, -0.05) is 54.1 Å². The van der Waals surface area contributed by atoms with E-state index in [1.54, 1.807) is 14.2 Å². The number of ketones is 1. The van der Waals surface area contributed by atoms with E-state index in [4.69, 9.17) is 35.8 Å². The average Bonchev–Trinajstić information content (AvgIpc) is 3.86. The standard InChI is InChI=1S/C42H43BrClN5O5/c1-52-38-25(19-48-21-41(22-48)15-13-27(50)18-41)9-11-34(45-38)32-8-4-7-31(37(32)44)28-5-3-6-30-29(28)10-12-35(30)54-40-33(43)17-26(39(46-40)53-2)20-49-23-42(24-49)16-14-36(51)47-42/h3-9,11,17,35H,10,12-16,18-24H2,1-2H3,(H,47,51)/t35-/m0/s1. The smallest absolute Gasteiger partial charge is 0.231 e. The fourth-order valence-electron chi connectivity index (χ4n) is 9.54. The Hall–Kier alpha value is -4.03. The number of nitrogens with zero attached hydrogens (tertiary/aromatic N) is 4. The molecule has 1 N–H and O–H groups in total. The van der Waals surface area contributed by atoms with Gasteiger partial charge in [0.1, 0.15) is 11.9 Å². The number of Topliss-reactive ketones (excluding diaryl/α,β-unsaturated/α-hetero) is 1. The molecule has 1 amide bonds. The van der Waals surface area contributed by atoms with E-state index in [2.05, 4.69) is 61.4 Å². The first-order valence-electron chi connectivity index (χ1n) is 18.8. The molecule has 54 heavy (non-hydrogen) atoms. The van der Waals surface area contributed by atoms with E-state index in [9.17, 15) is 9.59 Å². The van der Waals surface area contributed by atoms with Gasteiger partial charge in [0.15, 0.2) is 0 Å². The van der Waals surface area contributed by atoms with Gasteiger partial charge in [-0.05, 0) is 70.4 Å². The van der Waals surface area contributed by atoms with Crippen LogP contribution >= 0.6 is 27.5 Å². The summed E-state index contributed by atoms with van der Waals surface area (Å²) in [5.41, 5.74) is 8.05. The normalized spacial score (nSPS) is 21.2. The van der Waals surface area contributed by atoms with Crippen LogP contribution < -0.4 is 19.5 Å². The van der Waals surface area contributed by atoms with Crippen molar-refractivity contribution in [3.8, 4) is 40.0 Å². The number of fused-ring (bicyclic) bond motifs is 1. The number of rotatable bonds is 10. The number of carbonyl (C=O) groups is 2. The van der Waals surface area contributed by atoms with Crippen LogP contribution in [0.2, 0.25) is 5.02 Å². The number of halogens is 2. The van der Waals surface area contributed by atoms with Gasteiger partial charge in [-0.25, -0.2) is 4.98 Å². The van der Waals surface area contributed by atoms with Gasteiger partial charge in [0, 0.05) is 86.2 Å². The summed E-state index contributed by atoms with van der Waals surface area (Å²) in [7, 11) is 3.29. The maximum absolute atomic E-state index is 11.9. The molecule has 0 bridgehead atoms. The Balaban J connectivity index is 0.913. The number of amides is 1. The van der Waals surface area contributed by atoms with Crippen LogP contribution in [0.15, 0.2) is 59.1 Å². The highest BCUT2D eigenvalue weighted by Crippen LogP contribution is 2.47. The lowest BCUT2D eigenvalue weighted by molar-refractivity contribution is -0.121. The molecule has 9 rings (SSSR count). The Labute approximate surface area is 328 Å². The highest BCUT2D eigenvalue weighted by Gasteiger charge is 2.48. The lowest BCUT2D eigenvalue weighted by Crippen LogP contribution is -2.66. The van der Waals surface area contributed by atoms with Crippen molar-refractivity contribution in [1.29, 1.82) is 0 Å². The highest BCUT2D eigenvalue weighted by molar-refractivity contribution is 9.10. The van der Waals surface area contributed by atoms with Crippen LogP contribution in [-0.4, -0.2) is 77.4 Å². The lowest BCUT2D eigenvalue weighted by atomic mass is 9.78. The van der Waals surface area contributed by atoms with Gasteiger partial charge in [-0.2, -0.15) is 4.98 Å². The summed E-state index contributed by atoms with van der Waals surface area (Å²) in [6.07, 6.45) is 5.40. The van der Waals surface area contributed by atoms with Gasteiger partial charge in [0.25, 0.3) is 0 Å². The van der Waals surface area contributed by atoms with Crippen molar-refractivity contribution >= 4 is 39.2 Å². The third kappa shape index (κ3) is 6.46. The number of carbonyl (C=O) groups excluding carboxylic acids is 2. The summed E-state index contributed by atoms with van der Waals surface area (Å²) in [6.45, 7) is 4.97. The van der Waals surface area contributed by atoms with Crippen LogP contribution in [-0.2, 0) is 29.1 Å². The van der Waals surface area contributed by atoms with E-state index in [0.29, 0.717) is 47.8 Å². The molecule has 12 heteroatoms. The van der Waals surface area contributed by atoms with Crippen LogP contribution in [0.1, 0.15) is 66.9 Å². The topological polar surface area (TPSA) is 106 Å². The third-order valence-electron chi connectivity index (χ3n) is 12.0. The number of benzene rings is 2. The Kier molecular flexibility index (Phi) is 9.19. The van der Waals surface area contributed by atoms with Gasteiger partial charge in [0.05, 0.1) is 34.9 Å². The zero-order valence-electron chi connectivity index (χ0n) is 30.6. The number of methoxy groups -OCH3 is 2. The highest BCUT2D eigenvalue weighted by atomic mass is 79.9. The van der Waals surface area contributed by atoms with Gasteiger partial charge < -0.3 is 19.5 Å². The number of pyridine rings is 2. The molecule has 1 saturated carbocycles.